The number of nitrogens with zero attached hydrogens (tertiary/aromatic N) is 1. The minimum Gasteiger partial charge on any atom is -0.366 e. The van der Waals surface area contributed by atoms with Crippen LogP contribution in [0.1, 0.15) is 86.7 Å². The largest absolute Gasteiger partial charge is 0.366 e. The second kappa shape index (κ2) is 6.94. The number of carbonyl (C=O) groups is 1. The highest BCUT2D eigenvalue weighted by molar-refractivity contribution is 6.02. The fourth-order valence-electron chi connectivity index (χ4n) is 3.93. The van der Waals surface area contributed by atoms with Gasteiger partial charge in [-0.2, -0.15) is 0 Å². The Morgan fingerprint density at radius 2 is 1.81 bits per heavy atom. The normalized spacial score (nSPS) is 14.7. The van der Waals surface area contributed by atoms with E-state index in [1.54, 1.807) is 0 Å². The fraction of sp³-hybridized carbons (Fsp3) is 0.522. The van der Waals surface area contributed by atoms with E-state index in [2.05, 4.69) is 63.5 Å². The lowest BCUT2D eigenvalue weighted by atomic mass is 9.86. The van der Waals surface area contributed by atoms with Crippen molar-refractivity contribution in [1.29, 1.82) is 0 Å². The number of primary amides is 1. The molecule has 3 rings (SSSR count). The molecule has 26 heavy (non-hydrogen) atoms. The molecule has 140 valence electrons. The summed E-state index contributed by atoms with van der Waals surface area (Å²) in [5.74, 6) is -0.311. The minimum atomic E-state index is -0.311. The van der Waals surface area contributed by atoms with Crippen LogP contribution < -0.4 is 5.73 Å². The minimum absolute atomic E-state index is 0.117. The maximum absolute atomic E-state index is 12.3. The van der Waals surface area contributed by atoms with E-state index in [4.69, 9.17) is 5.73 Å². The molecule has 2 N–H and O–H groups in total. The number of aromatic nitrogens is 1. The number of benzene rings is 1. The highest BCUT2D eigenvalue weighted by Gasteiger charge is 2.32. The molecule has 1 aliphatic rings. The number of carbonyl (C=O) groups excluding carboxylic acids is 1. The Labute approximate surface area is 157 Å². The lowest BCUT2D eigenvalue weighted by molar-refractivity contribution is 0.1000. The Hall–Kier alpha value is -2.03. The van der Waals surface area contributed by atoms with Crippen molar-refractivity contribution in [2.24, 2.45) is 5.73 Å². The fourth-order valence-corrected chi connectivity index (χ4v) is 3.93. The molecule has 3 nitrogen and oxygen atoms in total. The molecule has 0 bridgehead atoms. The first-order valence-corrected chi connectivity index (χ1v) is 9.90. The van der Waals surface area contributed by atoms with E-state index in [1.165, 1.54) is 24.1 Å². The van der Waals surface area contributed by atoms with Crippen molar-refractivity contribution in [2.75, 3.05) is 0 Å². The molecule has 1 fully saturated rings. The van der Waals surface area contributed by atoms with E-state index < -0.39 is 0 Å². The summed E-state index contributed by atoms with van der Waals surface area (Å²) in [4.78, 5) is 12.3. The van der Waals surface area contributed by atoms with E-state index in [9.17, 15) is 4.79 Å². The molecule has 1 aliphatic carbocycles. The second-order valence-corrected chi connectivity index (χ2v) is 8.68. The molecule has 3 heteroatoms. The smallest absolute Gasteiger partial charge is 0.251 e. The van der Waals surface area contributed by atoms with Crippen LogP contribution in [-0.4, -0.2) is 10.5 Å². The molecule has 2 aromatic rings. The highest BCUT2D eigenvalue weighted by Crippen LogP contribution is 2.43. The van der Waals surface area contributed by atoms with Crippen LogP contribution in [-0.2, 0) is 11.8 Å². The van der Waals surface area contributed by atoms with E-state index >= 15 is 0 Å². The molecule has 0 radical (unpaired) electrons. The van der Waals surface area contributed by atoms with Gasteiger partial charge >= 0.3 is 0 Å². The molecule has 0 atom stereocenters. The quantitative estimate of drug-likeness (QED) is 0.729. The van der Waals surface area contributed by atoms with Crippen molar-refractivity contribution >= 4 is 5.91 Å². The Bertz CT molecular complexity index is 802. The van der Waals surface area contributed by atoms with Crippen LogP contribution in [0.25, 0.3) is 11.1 Å². The standard InChI is InChI=1S/C23H32N2O/c1-6-7-8-19-21(16-9-11-17(12-10-16)23(3,4)5)20(22(24)26)15(2)25(19)18-13-14-18/h9-12,18H,6-8,13-14H2,1-5H3,(H2,24,26). The molecule has 0 saturated heterocycles. The van der Waals surface area contributed by atoms with Crippen molar-refractivity contribution in [3.05, 3.63) is 46.8 Å². The molecular weight excluding hydrogens is 320 g/mol. The summed E-state index contributed by atoms with van der Waals surface area (Å²) in [7, 11) is 0. The van der Waals surface area contributed by atoms with Crippen LogP contribution in [0.4, 0.5) is 0 Å². The summed E-state index contributed by atoms with van der Waals surface area (Å²) in [6.45, 7) is 10.9. The van der Waals surface area contributed by atoms with Gasteiger partial charge in [-0.25, -0.2) is 0 Å². The molecule has 0 unspecified atom stereocenters. The number of nitrogens with two attached hydrogens (primary N) is 1. The Morgan fingerprint density at radius 1 is 1.19 bits per heavy atom. The van der Waals surface area contributed by atoms with E-state index in [0.717, 1.165) is 36.1 Å². The number of amides is 1. The molecule has 1 amide bonds. The van der Waals surface area contributed by atoms with Crippen molar-refractivity contribution in [3.8, 4) is 11.1 Å². The van der Waals surface area contributed by atoms with Crippen molar-refractivity contribution in [1.82, 2.24) is 4.57 Å². The molecule has 1 aromatic heterocycles. The van der Waals surface area contributed by atoms with Gasteiger partial charge in [0.25, 0.3) is 5.91 Å². The van der Waals surface area contributed by atoms with Gasteiger partial charge in [0.2, 0.25) is 0 Å². The maximum Gasteiger partial charge on any atom is 0.251 e. The summed E-state index contributed by atoms with van der Waals surface area (Å²) >= 11 is 0. The third-order valence-corrected chi connectivity index (χ3v) is 5.52. The number of unbranched alkanes of at least 4 members (excludes halogenated alkanes) is 1. The Kier molecular flexibility index (Phi) is 5.01. The summed E-state index contributed by atoms with van der Waals surface area (Å²) < 4.78 is 2.41. The van der Waals surface area contributed by atoms with Gasteiger partial charge in [0.05, 0.1) is 5.56 Å². The molecule has 0 aliphatic heterocycles. The maximum atomic E-state index is 12.3. The van der Waals surface area contributed by atoms with Gasteiger partial charge in [0.1, 0.15) is 0 Å². The highest BCUT2D eigenvalue weighted by atomic mass is 16.1. The van der Waals surface area contributed by atoms with Crippen LogP contribution >= 0.6 is 0 Å². The first-order valence-electron chi connectivity index (χ1n) is 9.90. The summed E-state index contributed by atoms with van der Waals surface area (Å²) in [6, 6.07) is 9.24. The van der Waals surface area contributed by atoms with Gasteiger partial charge < -0.3 is 10.3 Å². The van der Waals surface area contributed by atoms with Gasteiger partial charge in [-0.3, -0.25) is 4.79 Å². The van der Waals surface area contributed by atoms with Crippen molar-refractivity contribution in [3.63, 3.8) is 0 Å². The molecule has 1 heterocycles. The van der Waals surface area contributed by atoms with Crippen LogP contribution in [0.15, 0.2) is 24.3 Å². The summed E-state index contributed by atoms with van der Waals surface area (Å²) in [5, 5.41) is 0. The molecule has 1 aromatic carbocycles. The van der Waals surface area contributed by atoms with Crippen LogP contribution in [0, 0.1) is 6.92 Å². The first-order chi connectivity index (χ1) is 12.3. The number of rotatable bonds is 6. The zero-order valence-corrected chi connectivity index (χ0v) is 16.9. The van der Waals surface area contributed by atoms with Gasteiger partial charge in [0, 0.05) is 23.0 Å². The third-order valence-electron chi connectivity index (χ3n) is 5.52. The average Bonchev–Trinajstić information content (AvgIpc) is 3.35. The molecule has 0 spiro atoms. The van der Waals surface area contributed by atoms with Crippen LogP contribution in [0.5, 0.6) is 0 Å². The average molecular weight is 353 g/mol. The van der Waals surface area contributed by atoms with E-state index in [0.29, 0.717) is 11.6 Å². The zero-order chi connectivity index (χ0) is 19.1. The summed E-state index contributed by atoms with van der Waals surface area (Å²) in [6.07, 6.45) is 5.67. The number of hydrogen-bond donors (Lipinski definition) is 1. The van der Waals surface area contributed by atoms with Gasteiger partial charge in [-0.05, 0) is 49.1 Å². The van der Waals surface area contributed by atoms with Crippen LogP contribution in [0.3, 0.4) is 0 Å². The Morgan fingerprint density at radius 3 is 2.27 bits per heavy atom. The lowest BCUT2D eigenvalue weighted by Crippen LogP contribution is -2.13. The van der Waals surface area contributed by atoms with Gasteiger partial charge in [-0.1, -0.05) is 58.4 Å². The number of hydrogen-bond acceptors (Lipinski definition) is 1. The SMILES string of the molecule is CCCCc1c(-c2ccc(C(C)(C)C)cc2)c(C(N)=O)c(C)n1C1CC1. The van der Waals surface area contributed by atoms with Crippen molar-refractivity contribution in [2.45, 2.75) is 78.2 Å². The van der Waals surface area contributed by atoms with E-state index in [-0.39, 0.29) is 11.3 Å². The monoisotopic (exact) mass is 352 g/mol. The summed E-state index contributed by atoms with van der Waals surface area (Å²) in [5.41, 5.74) is 12.5. The predicted octanol–water partition coefficient (Wildman–Crippen LogP) is 5.54. The topological polar surface area (TPSA) is 48.0 Å². The van der Waals surface area contributed by atoms with Crippen molar-refractivity contribution < 1.29 is 4.79 Å². The molecular formula is C23H32N2O. The van der Waals surface area contributed by atoms with E-state index in [1.807, 2.05) is 0 Å². The lowest BCUT2D eigenvalue weighted by Gasteiger charge is -2.19. The van der Waals surface area contributed by atoms with Gasteiger partial charge in [0.15, 0.2) is 0 Å². The zero-order valence-electron chi connectivity index (χ0n) is 16.9. The third kappa shape index (κ3) is 3.44. The van der Waals surface area contributed by atoms with Crippen LogP contribution in [0.2, 0.25) is 0 Å². The first kappa shape index (κ1) is 18.8. The Balaban J connectivity index is 2.18. The predicted molar refractivity (Wildman–Crippen MR) is 109 cm³/mol. The second-order valence-electron chi connectivity index (χ2n) is 8.68. The van der Waals surface area contributed by atoms with Gasteiger partial charge in [-0.15, -0.1) is 0 Å². The molecule has 1 saturated carbocycles.